The molecule has 1 heterocycles. The van der Waals surface area contributed by atoms with E-state index in [1.165, 1.54) is 5.56 Å². The lowest BCUT2D eigenvalue weighted by molar-refractivity contribution is 0.102. The number of anilines is 1. The molecule has 0 fully saturated rings. The van der Waals surface area contributed by atoms with Crippen LogP contribution in [0.4, 0.5) is 5.69 Å². The molecule has 1 aromatic heterocycles. The second kappa shape index (κ2) is 6.58. The Morgan fingerprint density at radius 2 is 1.92 bits per heavy atom. The highest BCUT2D eigenvalue weighted by molar-refractivity contribution is 6.03. The van der Waals surface area contributed by atoms with E-state index in [-0.39, 0.29) is 11.7 Å². The van der Waals surface area contributed by atoms with Crippen LogP contribution in [-0.4, -0.2) is 21.2 Å². The molecule has 5 nitrogen and oxygen atoms in total. The Bertz CT molecular complexity index is 867. The first-order valence-electron chi connectivity index (χ1n) is 7.82. The van der Waals surface area contributed by atoms with E-state index in [1.54, 1.807) is 12.1 Å². The summed E-state index contributed by atoms with van der Waals surface area (Å²) >= 11 is 0. The predicted molar refractivity (Wildman–Crippen MR) is 94.2 cm³/mol. The molecule has 0 spiro atoms. The van der Waals surface area contributed by atoms with Crippen LogP contribution >= 0.6 is 0 Å². The molecule has 2 aromatic carbocycles. The normalized spacial score (nSPS) is 10.6. The number of H-pyrrole nitrogens is 1. The summed E-state index contributed by atoms with van der Waals surface area (Å²) in [6, 6.07) is 14.6. The summed E-state index contributed by atoms with van der Waals surface area (Å²) in [5.74, 6) is -0.139. The predicted octanol–water partition coefficient (Wildman–Crippen LogP) is 3.91. The zero-order chi connectivity index (χ0) is 17.1. The fourth-order valence-corrected chi connectivity index (χ4v) is 2.45. The molecule has 1 amide bonds. The van der Waals surface area contributed by atoms with Crippen LogP contribution in [0.25, 0.3) is 11.3 Å². The number of hydrogen-bond donors (Lipinski definition) is 3. The average Bonchev–Trinajstić information content (AvgIpc) is 3.08. The minimum absolute atomic E-state index is 0.134. The third-order valence-corrected chi connectivity index (χ3v) is 3.87. The smallest absolute Gasteiger partial charge is 0.273 e. The number of phenols is 1. The number of amides is 1. The monoisotopic (exact) mass is 321 g/mol. The van der Waals surface area contributed by atoms with Gasteiger partial charge in [-0.05, 0) is 49.2 Å². The summed E-state index contributed by atoms with van der Waals surface area (Å²) in [6.07, 6.45) is 0.956. The number of aromatic amines is 1. The summed E-state index contributed by atoms with van der Waals surface area (Å²) in [6.45, 7) is 4.02. The molecule has 0 aliphatic carbocycles. The van der Waals surface area contributed by atoms with E-state index in [4.69, 9.17) is 0 Å². The number of carbonyl (C=O) groups excluding carboxylic acids is 1. The van der Waals surface area contributed by atoms with E-state index < -0.39 is 0 Å². The molecule has 122 valence electrons. The topological polar surface area (TPSA) is 78.0 Å². The van der Waals surface area contributed by atoms with Gasteiger partial charge in [-0.15, -0.1) is 0 Å². The van der Waals surface area contributed by atoms with Gasteiger partial charge < -0.3 is 10.4 Å². The van der Waals surface area contributed by atoms with Crippen LogP contribution in [0.3, 0.4) is 0 Å². The maximum atomic E-state index is 12.3. The van der Waals surface area contributed by atoms with Crippen molar-refractivity contribution in [2.75, 3.05) is 5.32 Å². The maximum absolute atomic E-state index is 12.3. The largest absolute Gasteiger partial charge is 0.507 e. The number of aromatic hydroxyl groups is 1. The van der Waals surface area contributed by atoms with Crippen LogP contribution in [0, 0.1) is 6.92 Å². The average molecular weight is 321 g/mol. The van der Waals surface area contributed by atoms with Crippen LogP contribution in [-0.2, 0) is 6.42 Å². The van der Waals surface area contributed by atoms with Gasteiger partial charge in [0, 0.05) is 11.3 Å². The van der Waals surface area contributed by atoms with Gasteiger partial charge in [0.2, 0.25) is 0 Å². The van der Waals surface area contributed by atoms with Crippen LogP contribution in [0.1, 0.15) is 28.5 Å². The van der Waals surface area contributed by atoms with Crippen LogP contribution < -0.4 is 5.32 Å². The van der Waals surface area contributed by atoms with Crippen molar-refractivity contribution >= 4 is 11.6 Å². The number of benzene rings is 2. The lowest BCUT2D eigenvalue weighted by Crippen LogP contribution is -2.12. The highest BCUT2D eigenvalue weighted by atomic mass is 16.3. The van der Waals surface area contributed by atoms with Gasteiger partial charge in [0.1, 0.15) is 11.4 Å². The van der Waals surface area contributed by atoms with Crippen LogP contribution in [0.15, 0.2) is 48.5 Å². The minimum Gasteiger partial charge on any atom is -0.507 e. The molecular formula is C19H19N3O2. The molecule has 3 N–H and O–H groups in total. The standard InChI is InChI=1S/C19H19N3O2/c1-3-13-5-7-14(8-6-13)20-19(24)17-11-16(21-22-17)15-10-12(2)4-9-18(15)23/h4-11,23H,3H2,1-2H3,(H,20,24)(H,21,22). The molecule has 5 heteroatoms. The van der Waals surface area contributed by atoms with Gasteiger partial charge in [0.25, 0.3) is 5.91 Å². The summed E-state index contributed by atoms with van der Waals surface area (Å²) in [5.41, 5.74) is 4.41. The van der Waals surface area contributed by atoms with E-state index in [9.17, 15) is 9.90 Å². The van der Waals surface area contributed by atoms with Crippen molar-refractivity contribution in [1.82, 2.24) is 10.2 Å². The zero-order valence-corrected chi connectivity index (χ0v) is 13.6. The second-order valence-corrected chi connectivity index (χ2v) is 5.69. The molecule has 0 bridgehead atoms. The first-order chi connectivity index (χ1) is 11.6. The number of phenolic OH excluding ortho intramolecular Hbond substituents is 1. The third-order valence-electron chi connectivity index (χ3n) is 3.87. The number of aryl methyl sites for hydroxylation is 2. The molecule has 0 saturated heterocycles. The number of nitrogens with one attached hydrogen (secondary N) is 2. The van der Waals surface area contributed by atoms with Crippen molar-refractivity contribution in [3.8, 4) is 17.0 Å². The second-order valence-electron chi connectivity index (χ2n) is 5.69. The summed E-state index contributed by atoms with van der Waals surface area (Å²) in [5, 5.41) is 19.6. The van der Waals surface area contributed by atoms with Gasteiger partial charge in [-0.3, -0.25) is 9.89 Å². The van der Waals surface area contributed by atoms with E-state index in [1.807, 2.05) is 43.3 Å². The fraction of sp³-hybridized carbons (Fsp3) is 0.158. The fourth-order valence-electron chi connectivity index (χ4n) is 2.45. The Balaban J connectivity index is 1.79. The van der Waals surface area contributed by atoms with Gasteiger partial charge in [-0.1, -0.05) is 30.7 Å². The van der Waals surface area contributed by atoms with Gasteiger partial charge >= 0.3 is 0 Å². The summed E-state index contributed by atoms with van der Waals surface area (Å²) in [4.78, 5) is 12.3. The van der Waals surface area contributed by atoms with E-state index >= 15 is 0 Å². The molecular weight excluding hydrogens is 302 g/mol. The Morgan fingerprint density at radius 3 is 2.62 bits per heavy atom. The number of nitrogens with zero attached hydrogens (tertiary/aromatic N) is 1. The Labute approximate surface area is 140 Å². The van der Waals surface area contributed by atoms with Crippen molar-refractivity contribution < 1.29 is 9.90 Å². The molecule has 0 radical (unpaired) electrons. The SMILES string of the molecule is CCc1ccc(NC(=O)c2cc(-c3cc(C)ccc3O)n[nH]2)cc1. The van der Waals surface area contributed by atoms with Crippen molar-refractivity contribution in [3.63, 3.8) is 0 Å². The van der Waals surface area contributed by atoms with E-state index in [0.717, 1.165) is 17.7 Å². The third kappa shape index (κ3) is 3.30. The first kappa shape index (κ1) is 15.8. The number of hydrogen-bond acceptors (Lipinski definition) is 3. The molecule has 0 unspecified atom stereocenters. The Hall–Kier alpha value is -3.08. The molecule has 3 rings (SSSR count). The number of aromatic nitrogens is 2. The van der Waals surface area contributed by atoms with Crippen molar-refractivity contribution in [2.24, 2.45) is 0 Å². The Morgan fingerprint density at radius 1 is 1.17 bits per heavy atom. The highest BCUT2D eigenvalue weighted by Crippen LogP contribution is 2.28. The first-order valence-corrected chi connectivity index (χ1v) is 7.82. The van der Waals surface area contributed by atoms with Crippen molar-refractivity contribution in [3.05, 3.63) is 65.4 Å². The van der Waals surface area contributed by atoms with Crippen molar-refractivity contribution in [1.29, 1.82) is 0 Å². The van der Waals surface area contributed by atoms with Gasteiger partial charge in [0.15, 0.2) is 0 Å². The Kier molecular flexibility index (Phi) is 4.33. The minimum atomic E-state index is -0.273. The van der Waals surface area contributed by atoms with E-state index in [0.29, 0.717) is 17.0 Å². The summed E-state index contributed by atoms with van der Waals surface area (Å²) in [7, 11) is 0. The lowest BCUT2D eigenvalue weighted by atomic mass is 10.1. The molecule has 0 saturated carbocycles. The molecule has 0 aliphatic rings. The quantitative estimate of drug-likeness (QED) is 0.682. The van der Waals surface area contributed by atoms with Gasteiger partial charge in [-0.2, -0.15) is 5.10 Å². The lowest BCUT2D eigenvalue weighted by Gasteiger charge is -2.04. The maximum Gasteiger partial charge on any atom is 0.273 e. The molecule has 24 heavy (non-hydrogen) atoms. The molecule has 0 atom stereocenters. The summed E-state index contributed by atoms with van der Waals surface area (Å²) < 4.78 is 0. The van der Waals surface area contributed by atoms with Crippen LogP contribution in [0.2, 0.25) is 0 Å². The number of rotatable bonds is 4. The number of carbonyl (C=O) groups is 1. The molecule has 3 aromatic rings. The molecule has 0 aliphatic heterocycles. The van der Waals surface area contributed by atoms with Crippen molar-refractivity contribution in [2.45, 2.75) is 20.3 Å². The highest BCUT2D eigenvalue weighted by Gasteiger charge is 2.13. The zero-order valence-electron chi connectivity index (χ0n) is 13.6. The van der Waals surface area contributed by atoms with E-state index in [2.05, 4.69) is 22.4 Å². The van der Waals surface area contributed by atoms with Crippen LogP contribution in [0.5, 0.6) is 5.75 Å². The van der Waals surface area contributed by atoms with Gasteiger partial charge in [0.05, 0.1) is 5.69 Å². The van der Waals surface area contributed by atoms with Gasteiger partial charge in [-0.25, -0.2) is 0 Å².